The number of sulfonamides is 1. The Kier molecular flexibility index (Phi) is 4.84. The third-order valence-electron chi connectivity index (χ3n) is 2.70. The number of pyridine rings is 1. The van der Waals surface area contributed by atoms with E-state index in [4.69, 9.17) is 17.3 Å². The average Bonchev–Trinajstić information content (AvgIpc) is 2.49. The van der Waals surface area contributed by atoms with E-state index in [-0.39, 0.29) is 10.9 Å². The maximum Gasteiger partial charge on any atom is 0.267 e. The van der Waals surface area contributed by atoms with Crippen LogP contribution >= 0.6 is 11.6 Å². The molecule has 0 unspecified atom stereocenters. The van der Waals surface area contributed by atoms with Crippen LogP contribution in [0.1, 0.15) is 0 Å². The first kappa shape index (κ1) is 16.1. The Morgan fingerprint density at radius 2 is 2.00 bits per heavy atom. The number of anilines is 2. The van der Waals surface area contributed by atoms with Crippen LogP contribution in [0.4, 0.5) is 11.4 Å². The molecule has 1 aromatic carbocycles. The van der Waals surface area contributed by atoms with Crippen molar-refractivity contribution in [1.82, 2.24) is 9.71 Å². The zero-order valence-electron chi connectivity index (χ0n) is 11.6. The molecule has 1 aromatic heterocycles. The molecule has 1 heterocycles. The minimum Gasteiger partial charge on any atom is -0.369 e. The highest BCUT2D eigenvalue weighted by molar-refractivity contribution is 7.90. The predicted octanol–water partition coefficient (Wildman–Crippen LogP) is 1.70. The number of nitrogens with two attached hydrogens (primary N) is 1. The number of hydrogen-bond acceptors (Lipinski definition) is 5. The maximum atomic E-state index is 12.3. The standard InChI is InChI=1S/C13H14ClN5O2S/c1-16-13(15)19-22(20,21)12-8-17-7-6-11(12)18-10-5-3-2-4-9(10)14/h2-8H,1H3,(H,17,18)(H3,15,16,19). The lowest BCUT2D eigenvalue weighted by molar-refractivity contribution is 0.592. The molecule has 22 heavy (non-hydrogen) atoms. The summed E-state index contributed by atoms with van der Waals surface area (Å²) >= 11 is 6.07. The maximum absolute atomic E-state index is 12.3. The Labute approximate surface area is 133 Å². The minimum absolute atomic E-state index is 0.0680. The molecule has 116 valence electrons. The van der Waals surface area contributed by atoms with Crippen molar-refractivity contribution in [3.63, 3.8) is 0 Å². The van der Waals surface area contributed by atoms with Gasteiger partial charge >= 0.3 is 0 Å². The first-order valence-electron chi connectivity index (χ1n) is 6.14. The molecule has 9 heteroatoms. The van der Waals surface area contributed by atoms with E-state index >= 15 is 0 Å². The first-order chi connectivity index (χ1) is 10.4. The van der Waals surface area contributed by atoms with Gasteiger partial charge in [0, 0.05) is 19.4 Å². The van der Waals surface area contributed by atoms with Crippen LogP contribution in [0.3, 0.4) is 0 Å². The molecule has 2 aromatic rings. The van der Waals surface area contributed by atoms with E-state index in [1.54, 1.807) is 24.3 Å². The zero-order valence-corrected chi connectivity index (χ0v) is 13.2. The van der Waals surface area contributed by atoms with E-state index in [9.17, 15) is 8.42 Å². The quantitative estimate of drug-likeness (QED) is 0.580. The van der Waals surface area contributed by atoms with E-state index in [0.29, 0.717) is 16.4 Å². The highest BCUT2D eigenvalue weighted by Gasteiger charge is 2.20. The highest BCUT2D eigenvalue weighted by Crippen LogP contribution is 2.28. The van der Waals surface area contributed by atoms with Crippen LogP contribution in [-0.2, 0) is 10.0 Å². The molecule has 0 saturated carbocycles. The van der Waals surface area contributed by atoms with Crippen LogP contribution in [0, 0.1) is 0 Å². The molecule has 2 rings (SSSR count). The molecule has 0 spiro atoms. The summed E-state index contributed by atoms with van der Waals surface area (Å²) in [4.78, 5) is 7.34. The smallest absolute Gasteiger partial charge is 0.267 e. The molecule has 0 aliphatic rings. The summed E-state index contributed by atoms with van der Waals surface area (Å²) in [7, 11) is -2.53. The van der Waals surface area contributed by atoms with Crippen LogP contribution in [-0.4, -0.2) is 26.4 Å². The molecule has 0 atom stereocenters. The summed E-state index contributed by atoms with van der Waals surface area (Å²) in [6, 6.07) is 8.51. The minimum atomic E-state index is -3.91. The van der Waals surface area contributed by atoms with Gasteiger partial charge in [-0.15, -0.1) is 0 Å². The number of halogens is 1. The average molecular weight is 340 g/mol. The molecule has 0 fully saturated rings. The van der Waals surface area contributed by atoms with E-state index < -0.39 is 10.0 Å². The summed E-state index contributed by atoms with van der Waals surface area (Å²) in [5.74, 6) is -0.215. The lowest BCUT2D eigenvalue weighted by atomic mass is 10.3. The van der Waals surface area contributed by atoms with Crippen molar-refractivity contribution < 1.29 is 8.42 Å². The Hall–Kier alpha value is -2.32. The monoisotopic (exact) mass is 339 g/mol. The second-order valence-electron chi connectivity index (χ2n) is 4.19. The number of hydrogen-bond donors (Lipinski definition) is 3. The van der Waals surface area contributed by atoms with Crippen molar-refractivity contribution in [2.75, 3.05) is 12.4 Å². The van der Waals surface area contributed by atoms with E-state index in [1.807, 2.05) is 0 Å². The Bertz CT molecular complexity index is 808. The summed E-state index contributed by atoms with van der Waals surface area (Å²) in [5.41, 5.74) is 6.31. The molecule has 7 nitrogen and oxygen atoms in total. The fraction of sp³-hybridized carbons (Fsp3) is 0.0769. The second kappa shape index (κ2) is 6.63. The number of aromatic nitrogens is 1. The first-order valence-corrected chi connectivity index (χ1v) is 8.01. The van der Waals surface area contributed by atoms with Gasteiger partial charge in [0.2, 0.25) is 5.96 Å². The zero-order chi connectivity index (χ0) is 16.2. The van der Waals surface area contributed by atoms with Crippen molar-refractivity contribution in [3.8, 4) is 0 Å². The number of nitrogens with one attached hydrogen (secondary N) is 2. The van der Waals surface area contributed by atoms with Crippen molar-refractivity contribution in [1.29, 1.82) is 0 Å². The normalized spacial score (nSPS) is 12.0. The number of guanidine groups is 1. The summed E-state index contributed by atoms with van der Waals surface area (Å²) in [6.07, 6.45) is 2.68. The van der Waals surface area contributed by atoms with Crippen LogP contribution < -0.4 is 15.8 Å². The van der Waals surface area contributed by atoms with E-state index in [1.165, 1.54) is 25.5 Å². The lowest BCUT2D eigenvalue weighted by Gasteiger charge is -2.13. The fourth-order valence-electron chi connectivity index (χ4n) is 1.64. The van der Waals surface area contributed by atoms with Gasteiger partial charge in [0.15, 0.2) is 0 Å². The molecule has 0 radical (unpaired) electrons. The van der Waals surface area contributed by atoms with Crippen LogP contribution in [0.2, 0.25) is 5.02 Å². The number of para-hydroxylation sites is 1. The third-order valence-corrected chi connectivity index (χ3v) is 4.41. The van der Waals surface area contributed by atoms with E-state index in [2.05, 4.69) is 20.0 Å². The van der Waals surface area contributed by atoms with Gasteiger partial charge in [0.25, 0.3) is 10.0 Å². The predicted molar refractivity (Wildman–Crippen MR) is 86.8 cm³/mol. The van der Waals surface area contributed by atoms with Crippen molar-refractivity contribution in [2.45, 2.75) is 4.90 Å². The van der Waals surface area contributed by atoms with Gasteiger partial charge in [0.1, 0.15) is 4.90 Å². The fourth-order valence-corrected chi connectivity index (χ4v) is 2.91. The topological polar surface area (TPSA) is 109 Å². The SMILES string of the molecule is CN=C(N)NS(=O)(=O)c1cnccc1Nc1ccccc1Cl. The Morgan fingerprint density at radius 1 is 1.27 bits per heavy atom. The lowest BCUT2D eigenvalue weighted by Crippen LogP contribution is -2.36. The van der Waals surface area contributed by atoms with Crippen LogP contribution in [0.15, 0.2) is 52.6 Å². The summed E-state index contributed by atoms with van der Waals surface area (Å²) in [6.45, 7) is 0. The van der Waals surface area contributed by atoms with Crippen molar-refractivity contribution in [2.24, 2.45) is 10.7 Å². The van der Waals surface area contributed by atoms with Gasteiger partial charge in [-0.1, -0.05) is 23.7 Å². The largest absolute Gasteiger partial charge is 0.369 e. The third kappa shape index (κ3) is 3.66. The highest BCUT2D eigenvalue weighted by atomic mass is 35.5. The van der Waals surface area contributed by atoms with Gasteiger partial charge < -0.3 is 11.1 Å². The van der Waals surface area contributed by atoms with Gasteiger partial charge in [-0.25, -0.2) is 13.1 Å². The van der Waals surface area contributed by atoms with Crippen molar-refractivity contribution in [3.05, 3.63) is 47.7 Å². The summed E-state index contributed by atoms with van der Waals surface area (Å²) in [5, 5.41) is 3.43. The van der Waals surface area contributed by atoms with Crippen molar-refractivity contribution >= 4 is 39.0 Å². The molecule has 0 aliphatic carbocycles. The summed E-state index contributed by atoms with van der Waals surface area (Å²) < 4.78 is 26.8. The second-order valence-corrected chi connectivity index (χ2v) is 6.25. The molecule has 0 aliphatic heterocycles. The molecular formula is C13H14ClN5O2S. The van der Waals surface area contributed by atoms with Crippen LogP contribution in [0.25, 0.3) is 0 Å². The number of aliphatic imine (C=N–C) groups is 1. The van der Waals surface area contributed by atoms with Gasteiger partial charge in [0.05, 0.1) is 16.4 Å². The van der Waals surface area contributed by atoms with E-state index in [0.717, 1.165) is 0 Å². The van der Waals surface area contributed by atoms with Gasteiger partial charge in [-0.3, -0.25) is 9.98 Å². The Balaban J connectivity index is 2.41. The number of benzene rings is 1. The molecule has 0 bridgehead atoms. The molecule has 0 saturated heterocycles. The Morgan fingerprint density at radius 3 is 2.68 bits per heavy atom. The number of rotatable bonds is 4. The molecule has 0 amide bonds. The van der Waals surface area contributed by atoms with Crippen LogP contribution in [0.5, 0.6) is 0 Å². The van der Waals surface area contributed by atoms with Gasteiger partial charge in [-0.05, 0) is 18.2 Å². The molecular weight excluding hydrogens is 326 g/mol. The number of nitrogens with zero attached hydrogens (tertiary/aromatic N) is 2. The van der Waals surface area contributed by atoms with Gasteiger partial charge in [-0.2, -0.15) is 0 Å². The molecule has 4 N–H and O–H groups in total.